The third kappa shape index (κ3) is 7.97. The minimum Gasteiger partial charge on any atom is -0.383 e. The average Bonchev–Trinajstić information content (AvgIpc) is 2.46. The number of hydrogen-bond acceptors (Lipinski definition) is 3. The van der Waals surface area contributed by atoms with Crippen LogP contribution in [0.5, 0.6) is 0 Å². The van der Waals surface area contributed by atoms with Crippen LogP contribution in [0, 0.1) is 6.92 Å². The molecular formula is C16H27N3OS. The van der Waals surface area contributed by atoms with Crippen molar-refractivity contribution in [2.24, 2.45) is 4.99 Å². The van der Waals surface area contributed by atoms with Gasteiger partial charge in [0.05, 0.1) is 13.2 Å². The van der Waals surface area contributed by atoms with Gasteiger partial charge in [0.1, 0.15) is 0 Å². The van der Waals surface area contributed by atoms with E-state index in [0.29, 0.717) is 6.61 Å². The smallest absolute Gasteiger partial charge is 0.191 e. The van der Waals surface area contributed by atoms with Gasteiger partial charge in [0.15, 0.2) is 5.96 Å². The van der Waals surface area contributed by atoms with Gasteiger partial charge in [-0.15, -0.1) is 11.8 Å². The van der Waals surface area contributed by atoms with Gasteiger partial charge in [-0.3, -0.25) is 4.99 Å². The lowest BCUT2D eigenvalue weighted by Gasteiger charge is -2.16. The van der Waals surface area contributed by atoms with Crippen LogP contribution in [0.25, 0.3) is 0 Å². The highest BCUT2D eigenvalue weighted by Gasteiger charge is 2.03. The quantitative estimate of drug-likeness (QED) is 0.335. The summed E-state index contributed by atoms with van der Waals surface area (Å²) >= 11 is 1.83. The topological polar surface area (TPSA) is 45.7 Å². The van der Waals surface area contributed by atoms with Crippen molar-refractivity contribution in [3.8, 4) is 0 Å². The highest BCUT2D eigenvalue weighted by molar-refractivity contribution is 7.99. The standard InChI is InChI=1S/C16H27N3OS/c1-5-17-16(19-14(3)12-20-4)18-10-11-21-15-8-6-13(2)7-9-15/h6-9,14H,5,10-12H2,1-4H3,(H2,17,18,19). The van der Waals surface area contributed by atoms with Crippen molar-refractivity contribution in [2.75, 3.05) is 32.6 Å². The SMILES string of the molecule is CCNC(=NCCSc1ccc(C)cc1)NC(C)COC. The van der Waals surface area contributed by atoms with E-state index in [1.54, 1.807) is 7.11 Å². The van der Waals surface area contributed by atoms with Gasteiger partial charge < -0.3 is 15.4 Å². The Morgan fingerprint density at radius 2 is 2.05 bits per heavy atom. The molecule has 5 heteroatoms. The fraction of sp³-hybridized carbons (Fsp3) is 0.562. The van der Waals surface area contributed by atoms with Crippen molar-refractivity contribution in [3.05, 3.63) is 29.8 Å². The summed E-state index contributed by atoms with van der Waals surface area (Å²) in [5, 5.41) is 6.58. The molecule has 4 nitrogen and oxygen atoms in total. The van der Waals surface area contributed by atoms with E-state index in [1.165, 1.54) is 10.5 Å². The summed E-state index contributed by atoms with van der Waals surface area (Å²) in [7, 11) is 1.71. The molecule has 1 unspecified atom stereocenters. The molecule has 118 valence electrons. The summed E-state index contributed by atoms with van der Waals surface area (Å²) in [6, 6.07) is 8.85. The Hall–Kier alpha value is -1.20. The Morgan fingerprint density at radius 3 is 2.67 bits per heavy atom. The lowest BCUT2D eigenvalue weighted by atomic mass is 10.2. The first-order valence-corrected chi connectivity index (χ1v) is 8.37. The van der Waals surface area contributed by atoms with Gasteiger partial charge in [-0.05, 0) is 32.9 Å². The molecule has 1 atom stereocenters. The molecule has 0 heterocycles. The van der Waals surface area contributed by atoms with Gasteiger partial charge in [0.2, 0.25) is 0 Å². The summed E-state index contributed by atoms with van der Waals surface area (Å²) in [5.74, 6) is 1.82. The first kappa shape index (κ1) is 17.9. The second-order valence-electron chi connectivity index (χ2n) is 4.92. The van der Waals surface area contributed by atoms with Gasteiger partial charge in [0.25, 0.3) is 0 Å². The molecule has 1 aromatic rings. The summed E-state index contributed by atoms with van der Waals surface area (Å²) in [4.78, 5) is 5.88. The molecule has 0 fully saturated rings. The second-order valence-corrected chi connectivity index (χ2v) is 6.09. The third-order valence-electron chi connectivity index (χ3n) is 2.79. The third-order valence-corrected chi connectivity index (χ3v) is 3.79. The zero-order chi connectivity index (χ0) is 15.5. The predicted octanol–water partition coefficient (Wildman–Crippen LogP) is 2.68. The van der Waals surface area contributed by atoms with Crippen LogP contribution >= 0.6 is 11.8 Å². The first-order chi connectivity index (χ1) is 10.2. The van der Waals surface area contributed by atoms with Gasteiger partial charge in [-0.2, -0.15) is 0 Å². The zero-order valence-electron chi connectivity index (χ0n) is 13.5. The number of rotatable bonds is 8. The Labute approximate surface area is 132 Å². The molecule has 0 spiro atoms. The van der Waals surface area contributed by atoms with Crippen molar-refractivity contribution >= 4 is 17.7 Å². The van der Waals surface area contributed by atoms with Gasteiger partial charge in [-0.25, -0.2) is 0 Å². The predicted molar refractivity (Wildman–Crippen MR) is 92.4 cm³/mol. The average molecular weight is 309 g/mol. The number of thioether (sulfide) groups is 1. The molecule has 0 saturated heterocycles. The number of guanidine groups is 1. The molecule has 21 heavy (non-hydrogen) atoms. The van der Waals surface area contributed by atoms with Crippen LogP contribution in [-0.2, 0) is 4.74 Å². The maximum atomic E-state index is 5.13. The fourth-order valence-corrected chi connectivity index (χ4v) is 2.55. The van der Waals surface area contributed by atoms with Crippen molar-refractivity contribution < 1.29 is 4.74 Å². The van der Waals surface area contributed by atoms with Crippen molar-refractivity contribution in [2.45, 2.75) is 31.7 Å². The number of aryl methyl sites for hydroxylation is 1. The number of benzene rings is 1. The normalized spacial score (nSPS) is 13.0. The highest BCUT2D eigenvalue weighted by Crippen LogP contribution is 2.17. The molecule has 0 aliphatic rings. The first-order valence-electron chi connectivity index (χ1n) is 7.39. The van der Waals surface area contributed by atoms with E-state index in [-0.39, 0.29) is 6.04 Å². The number of methoxy groups -OCH3 is 1. The van der Waals surface area contributed by atoms with E-state index >= 15 is 0 Å². The number of nitrogens with one attached hydrogen (secondary N) is 2. The Balaban J connectivity index is 2.37. The van der Waals surface area contributed by atoms with Crippen LogP contribution in [0.1, 0.15) is 19.4 Å². The highest BCUT2D eigenvalue weighted by atomic mass is 32.2. The van der Waals surface area contributed by atoms with E-state index in [2.05, 4.69) is 60.7 Å². The maximum Gasteiger partial charge on any atom is 0.191 e. The molecule has 0 aromatic heterocycles. The minimum absolute atomic E-state index is 0.248. The fourth-order valence-electron chi connectivity index (χ4n) is 1.80. The lowest BCUT2D eigenvalue weighted by Crippen LogP contribution is -2.44. The van der Waals surface area contributed by atoms with Crippen LogP contribution in [0.2, 0.25) is 0 Å². The van der Waals surface area contributed by atoms with Crippen LogP contribution in [0.15, 0.2) is 34.2 Å². The van der Waals surface area contributed by atoms with Crippen molar-refractivity contribution in [1.82, 2.24) is 10.6 Å². The second kappa shape index (κ2) is 10.5. The summed E-state index contributed by atoms with van der Waals surface area (Å²) < 4.78 is 5.13. The van der Waals surface area contributed by atoms with E-state index in [4.69, 9.17) is 4.74 Å². The summed E-state index contributed by atoms with van der Waals surface area (Å²) in [5.41, 5.74) is 1.29. The Bertz CT molecular complexity index is 420. The minimum atomic E-state index is 0.248. The van der Waals surface area contributed by atoms with Crippen LogP contribution in [-0.4, -0.2) is 44.6 Å². The molecule has 0 aliphatic carbocycles. The lowest BCUT2D eigenvalue weighted by molar-refractivity contribution is 0.179. The van der Waals surface area contributed by atoms with Crippen LogP contribution in [0.3, 0.4) is 0 Å². The van der Waals surface area contributed by atoms with E-state index in [0.717, 1.165) is 24.8 Å². The molecule has 0 aliphatic heterocycles. The maximum absolute atomic E-state index is 5.13. The van der Waals surface area contributed by atoms with Crippen LogP contribution < -0.4 is 10.6 Å². The summed E-state index contributed by atoms with van der Waals surface area (Å²) in [6.45, 7) is 8.57. The molecule has 0 amide bonds. The van der Waals surface area contributed by atoms with E-state index in [1.807, 2.05) is 11.8 Å². The molecule has 0 saturated carbocycles. The number of hydrogen-bond donors (Lipinski definition) is 2. The largest absolute Gasteiger partial charge is 0.383 e. The molecule has 0 radical (unpaired) electrons. The van der Waals surface area contributed by atoms with E-state index in [9.17, 15) is 0 Å². The van der Waals surface area contributed by atoms with Crippen molar-refractivity contribution in [1.29, 1.82) is 0 Å². The van der Waals surface area contributed by atoms with Crippen molar-refractivity contribution in [3.63, 3.8) is 0 Å². The Morgan fingerprint density at radius 1 is 1.33 bits per heavy atom. The number of ether oxygens (including phenoxy) is 1. The van der Waals surface area contributed by atoms with Gasteiger partial charge in [0, 0.05) is 30.3 Å². The zero-order valence-corrected chi connectivity index (χ0v) is 14.3. The number of nitrogens with zero attached hydrogens (tertiary/aromatic N) is 1. The molecule has 1 rings (SSSR count). The number of aliphatic imine (C=N–C) groups is 1. The molecular weight excluding hydrogens is 282 g/mol. The summed E-state index contributed by atoms with van der Waals surface area (Å²) in [6.07, 6.45) is 0. The molecule has 0 bridgehead atoms. The van der Waals surface area contributed by atoms with Crippen LogP contribution in [0.4, 0.5) is 0 Å². The van der Waals surface area contributed by atoms with E-state index < -0.39 is 0 Å². The van der Waals surface area contributed by atoms with Gasteiger partial charge in [-0.1, -0.05) is 17.7 Å². The molecule has 1 aromatic carbocycles. The Kier molecular flexibility index (Phi) is 8.94. The van der Waals surface area contributed by atoms with Gasteiger partial charge >= 0.3 is 0 Å². The molecule has 2 N–H and O–H groups in total. The monoisotopic (exact) mass is 309 g/mol.